The van der Waals surface area contributed by atoms with E-state index in [0.29, 0.717) is 47.7 Å². The van der Waals surface area contributed by atoms with E-state index < -0.39 is 12.0 Å². The molecule has 156 valence electrons. The Bertz CT molecular complexity index is 1080. The number of hydrogen-bond donors (Lipinski definition) is 1. The Hall–Kier alpha value is -3.10. The lowest BCUT2D eigenvalue weighted by atomic mass is 10.1. The predicted molar refractivity (Wildman–Crippen MR) is 107 cm³/mol. The smallest absolute Gasteiger partial charge is 0.264 e. The Kier molecular flexibility index (Phi) is 6.05. The van der Waals surface area contributed by atoms with E-state index in [0.717, 1.165) is 11.8 Å². The monoisotopic (exact) mass is 406 g/mol. The number of nitrogens with zero attached hydrogens (tertiary/aromatic N) is 3. The van der Waals surface area contributed by atoms with Gasteiger partial charge in [0, 0.05) is 54.6 Å². The van der Waals surface area contributed by atoms with Crippen molar-refractivity contribution in [3.63, 3.8) is 0 Å². The minimum atomic E-state index is -2.73. The van der Waals surface area contributed by atoms with Crippen LogP contribution >= 0.6 is 0 Å². The zero-order valence-electron chi connectivity index (χ0n) is 16.8. The van der Waals surface area contributed by atoms with Crippen molar-refractivity contribution in [2.75, 3.05) is 26.1 Å². The van der Waals surface area contributed by atoms with E-state index in [-0.39, 0.29) is 5.56 Å². The maximum Gasteiger partial charge on any atom is 0.264 e. The fourth-order valence-corrected chi connectivity index (χ4v) is 3.31. The van der Waals surface area contributed by atoms with Gasteiger partial charge in [0.2, 0.25) is 0 Å². The molecular formula is C20H24F2N4O3. The molecule has 2 heterocycles. The Morgan fingerprint density at radius 3 is 2.55 bits per heavy atom. The van der Waals surface area contributed by atoms with Crippen molar-refractivity contribution in [1.82, 2.24) is 14.3 Å². The van der Waals surface area contributed by atoms with Crippen LogP contribution in [0.3, 0.4) is 0 Å². The van der Waals surface area contributed by atoms with Crippen molar-refractivity contribution in [2.24, 2.45) is 7.05 Å². The van der Waals surface area contributed by atoms with E-state index in [1.807, 2.05) is 12.1 Å². The molecule has 0 aliphatic carbocycles. The van der Waals surface area contributed by atoms with Gasteiger partial charge in [0.15, 0.2) is 17.1 Å². The standard InChI is InChI=1S/C20H24F2N4O3/c1-12-18-14(19(21)22)11-17(27)26(20(18)24-25(12)2)9-5-8-23-13-6-7-15(28-3)16(10-13)29-4/h6-7,10-11,19,23H,5,8-9H2,1-4H3. The Balaban J connectivity index is 1.76. The van der Waals surface area contributed by atoms with Gasteiger partial charge in [-0.2, -0.15) is 5.10 Å². The lowest BCUT2D eigenvalue weighted by Crippen LogP contribution is -2.22. The molecule has 7 nitrogen and oxygen atoms in total. The maximum atomic E-state index is 13.4. The largest absolute Gasteiger partial charge is 0.493 e. The molecule has 0 atom stereocenters. The maximum absolute atomic E-state index is 13.4. The summed E-state index contributed by atoms with van der Waals surface area (Å²) < 4.78 is 40.3. The lowest BCUT2D eigenvalue weighted by molar-refractivity contribution is 0.153. The summed E-state index contributed by atoms with van der Waals surface area (Å²) in [5, 5.41) is 7.89. The summed E-state index contributed by atoms with van der Waals surface area (Å²) in [6.45, 7) is 2.65. The van der Waals surface area contributed by atoms with Crippen molar-refractivity contribution in [1.29, 1.82) is 0 Å². The van der Waals surface area contributed by atoms with E-state index in [1.165, 1.54) is 9.25 Å². The van der Waals surface area contributed by atoms with Crippen LogP contribution in [0.25, 0.3) is 11.0 Å². The van der Waals surface area contributed by atoms with E-state index in [9.17, 15) is 13.6 Å². The number of rotatable bonds is 8. The van der Waals surface area contributed by atoms with Gasteiger partial charge >= 0.3 is 0 Å². The lowest BCUT2D eigenvalue weighted by Gasteiger charge is -2.12. The Morgan fingerprint density at radius 2 is 1.90 bits per heavy atom. The van der Waals surface area contributed by atoms with E-state index in [4.69, 9.17) is 9.47 Å². The van der Waals surface area contributed by atoms with Crippen LogP contribution in [-0.2, 0) is 13.6 Å². The fourth-order valence-electron chi connectivity index (χ4n) is 3.31. The first-order valence-corrected chi connectivity index (χ1v) is 9.18. The van der Waals surface area contributed by atoms with Crippen LogP contribution in [0, 0.1) is 6.92 Å². The molecule has 1 N–H and O–H groups in total. The topological polar surface area (TPSA) is 70.3 Å². The number of methoxy groups -OCH3 is 2. The van der Waals surface area contributed by atoms with Crippen LogP contribution in [0.15, 0.2) is 29.1 Å². The molecule has 0 radical (unpaired) electrons. The number of benzene rings is 1. The minimum Gasteiger partial charge on any atom is -0.493 e. The van der Waals surface area contributed by atoms with Crippen molar-refractivity contribution in [2.45, 2.75) is 26.3 Å². The second-order valence-electron chi connectivity index (χ2n) is 6.65. The van der Waals surface area contributed by atoms with Gasteiger partial charge in [-0.15, -0.1) is 0 Å². The van der Waals surface area contributed by atoms with Gasteiger partial charge in [-0.3, -0.25) is 14.0 Å². The number of fused-ring (bicyclic) bond motifs is 1. The summed E-state index contributed by atoms with van der Waals surface area (Å²) >= 11 is 0. The van der Waals surface area contributed by atoms with Gasteiger partial charge in [0.05, 0.1) is 14.2 Å². The van der Waals surface area contributed by atoms with Crippen molar-refractivity contribution in [3.8, 4) is 11.5 Å². The molecule has 0 saturated heterocycles. The summed E-state index contributed by atoms with van der Waals surface area (Å²) in [7, 11) is 4.82. The van der Waals surface area contributed by atoms with Crippen molar-refractivity contribution >= 4 is 16.7 Å². The third kappa shape index (κ3) is 4.03. The van der Waals surface area contributed by atoms with Crippen LogP contribution < -0.4 is 20.3 Å². The van der Waals surface area contributed by atoms with Crippen molar-refractivity contribution < 1.29 is 18.3 Å². The van der Waals surface area contributed by atoms with Gasteiger partial charge < -0.3 is 14.8 Å². The van der Waals surface area contributed by atoms with Crippen LogP contribution in [-0.4, -0.2) is 35.1 Å². The second-order valence-corrected chi connectivity index (χ2v) is 6.65. The second kappa shape index (κ2) is 8.50. The van der Waals surface area contributed by atoms with E-state index in [1.54, 1.807) is 34.3 Å². The Labute approximate surface area is 166 Å². The molecule has 0 saturated carbocycles. The first kappa shape index (κ1) is 20.6. The molecule has 0 fully saturated rings. The molecule has 0 spiro atoms. The highest BCUT2D eigenvalue weighted by Crippen LogP contribution is 2.30. The van der Waals surface area contributed by atoms with Crippen LogP contribution in [0.2, 0.25) is 0 Å². The highest BCUT2D eigenvalue weighted by molar-refractivity contribution is 5.82. The first-order chi connectivity index (χ1) is 13.9. The Morgan fingerprint density at radius 1 is 1.17 bits per heavy atom. The van der Waals surface area contributed by atoms with E-state index in [2.05, 4.69) is 10.4 Å². The summed E-state index contributed by atoms with van der Waals surface area (Å²) in [5.74, 6) is 1.25. The number of aryl methyl sites for hydroxylation is 3. The molecule has 2 aromatic heterocycles. The van der Waals surface area contributed by atoms with Crippen LogP contribution in [0.1, 0.15) is 24.1 Å². The first-order valence-electron chi connectivity index (χ1n) is 9.18. The molecule has 3 rings (SSSR count). The molecular weight excluding hydrogens is 382 g/mol. The van der Waals surface area contributed by atoms with Crippen molar-refractivity contribution in [3.05, 3.63) is 45.9 Å². The average Bonchev–Trinajstić information content (AvgIpc) is 3.00. The zero-order chi connectivity index (χ0) is 21.1. The number of pyridine rings is 1. The van der Waals surface area contributed by atoms with Gasteiger partial charge in [-0.25, -0.2) is 8.78 Å². The molecule has 29 heavy (non-hydrogen) atoms. The van der Waals surface area contributed by atoms with Crippen LogP contribution in [0.5, 0.6) is 11.5 Å². The third-order valence-electron chi connectivity index (χ3n) is 4.91. The van der Waals surface area contributed by atoms with Crippen LogP contribution in [0.4, 0.5) is 14.5 Å². The third-order valence-corrected chi connectivity index (χ3v) is 4.91. The average molecular weight is 406 g/mol. The minimum absolute atomic E-state index is 0.268. The number of ether oxygens (including phenoxy) is 2. The number of halogens is 2. The highest BCUT2D eigenvalue weighted by atomic mass is 19.3. The summed E-state index contributed by atoms with van der Waals surface area (Å²) in [6.07, 6.45) is -2.12. The SMILES string of the molecule is COc1ccc(NCCCn2c(=O)cc(C(F)F)c3c(C)n(C)nc32)cc1OC. The molecule has 9 heteroatoms. The van der Waals surface area contributed by atoms with Gasteiger partial charge in [-0.1, -0.05) is 0 Å². The van der Waals surface area contributed by atoms with E-state index >= 15 is 0 Å². The predicted octanol–water partition coefficient (Wildman–Crippen LogP) is 3.50. The normalized spacial score (nSPS) is 11.3. The van der Waals surface area contributed by atoms with Gasteiger partial charge in [0.1, 0.15) is 0 Å². The zero-order valence-corrected chi connectivity index (χ0v) is 16.8. The number of aromatic nitrogens is 3. The summed E-state index contributed by atoms with van der Waals surface area (Å²) in [4.78, 5) is 12.4. The number of anilines is 1. The molecule has 1 aromatic carbocycles. The molecule has 0 unspecified atom stereocenters. The summed E-state index contributed by atoms with van der Waals surface area (Å²) in [6, 6.07) is 6.51. The number of hydrogen-bond acceptors (Lipinski definition) is 5. The molecule has 0 amide bonds. The molecule has 0 aliphatic heterocycles. The highest BCUT2D eigenvalue weighted by Gasteiger charge is 2.21. The molecule has 3 aromatic rings. The van der Waals surface area contributed by atoms with Gasteiger partial charge in [0.25, 0.3) is 12.0 Å². The number of nitrogens with one attached hydrogen (secondary N) is 1. The quantitative estimate of drug-likeness (QED) is 0.580. The fraction of sp³-hybridized carbons (Fsp3) is 0.400. The molecule has 0 bridgehead atoms. The molecule has 0 aliphatic rings. The summed E-state index contributed by atoms with van der Waals surface area (Å²) in [5.41, 5.74) is 1.00. The number of alkyl halides is 2. The van der Waals surface area contributed by atoms with Gasteiger partial charge in [-0.05, 0) is 25.5 Å².